The number of hydrogen-bond acceptors (Lipinski definition) is 7. The smallest absolute Gasteiger partial charge is 0.328 e. The summed E-state index contributed by atoms with van der Waals surface area (Å²) in [4.78, 5) is 43.2. The number of nitrogens with zero attached hydrogens (tertiary/aromatic N) is 2. The number of carbonyl (C=O) groups excluding carboxylic acids is 1. The number of rotatable bonds is 4. The first-order valence-corrected chi connectivity index (χ1v) is 10.7. The van der Waals surface area contributed by atoms with Gasteiger partial charge < -0.3 is 19.5 Å². The van der Waals surface area contributed by atoms with Gasteiger partial charge in [0.1, 0.15) is 24.0 Å². The molecule has 4 atom stereocenters. The van der Waals surface area contributed by atoms with E-state index in [0.29, 0.717) is 5.69 Å². The van der Waals surface area contributed by atoms with Crippen molar-refractivity contribution in [2.45, 2.75) is 44.0 Å². The Kier molecular flexibility index (Phi) is 5.35. The fourth-order valence-corrected chi connectivity index (χ4v) is 4.39. The normalized spacial score (nSPS) is 26.1. The summed E-state index contributed by atoms with van der Waals surface area (Å²) in [7, 11) is 0. The van der Waals surface area contributed by atoms with Gasteiger partial charge in [0.2, 0.25) is 0 Å². The number of aromatic nitrogens is 3. The lowest BCUT2D eigenvalue weighted by Gasteiger charge is -2.37. The van der Waals surface area contributed by atoms with Crippen LogP contribution in [0.25, 0.3) is 10.9 Å². The number of ether oxygens (including phenoxy) is 3. The second kappa shape index (κ2) is 8.22. The van der Waals surface area contributed by atoms with Crippen LogP contribution in [0.1, 0.15) is 30.4 Å². The number of carbonyl (C=O) groups is 1. The van der Waals surface area contributed by atoms with E-state index in [0.717, 1.165) is 10.9 Å². The molecule has 10 nitrogen and oxygen atoms in total. The average Bonchev–Trinajstić information content (AvgIpc) is 3.12. The zero-order valence-corrected chi connectivity index (χ0v) is 18.2. The zero-order chi connectivity index (χ0) is 23.2. The van der Waals surface area contributed by atoms with E-state index in [9.17, 15) is 14.4 Å². The molecule has 33 heavy (non-hydrogen) atoms. The first-order valence-electron chi connectivity index (χ1n) is 10.7. The number of benzene rings is 1. The van der Waals surface area contributed by atoms with Crippen LogP contribution < -0.4 is 16.6 Å². The molecule has 0 unspecified atom stereocenters. The first kappa shape index (κ1) is 21.5. The summed E-state index contributed by atoms with van der Waals surface area (Å²) in [5, 5.41) is 3.82. The van der Waals surface area contributed by atoms with Gasteiger partial charge in [-0.1, -0.05) is 24.3 Å². The van der Waals surface area contributed by atoms with Gasteiger partial charge >= 0.3 is 5.69 Å². The van der Waals surface area contributed by atoms with Crippen LogP contribution in [0.2, 0.25) is 0 Å². The maximum Gasteiger partial charge on any atom is 0.328 e. The first-order chi connectivity index (χ1) is 15.8. The lowest BCUT2D eigenvalue weighted by Crippen LogP contribution is -2.54. The third-order valence-electron chi connectivity index (χ3n) is 5.89. The predicted molar refractivity (Wildman–Crippen MR) is 118 cm³/mol. The Bertz CT molecular complexity index is 1320. The molecule has 2 fully saturated rings. The van der Waals surface area contributed by atoms with Crippen LogP contribution in [0.4, 0.5) is 0 Å². The maximum absolute atomic E-state index is 12.7. The molecule has 5 rings (SSSR count). The van der Waals surface area contributed by atoms with Gasteiger partial charge in [0.05, 0.1) is 18.2 Å². The van der Waals surface area contributed by atoms with Crippen molar-refractivity contribution in [1.82, 2.24) is 19.9 Å². The monoisotopic (exact) mass is 452 g/mol. The number of fused-ring (bicyclic) bond motifs is 2. The van der Waals surface area contributed by atoms with Crippen LogP contribution >= 0.6 is 0 Å². The van der Waals surface area contributed by atoms with Gasteiger partial charge in [-0.25, -0.2) is 9.78 Å². The molecule has 2 aliphatic rings. The van der Waals surface area contributed by atoms with Crippen LogP contribution in [-0.2, 0) is 14.2 Å². The standard InChI is InChI=1S/C23H24N4O6/c1-23(2)32-19-16(27-10-9-18(28)26-22(27)30)12-31-17(20(19)33-23)11-24-21(29)15-8-7-13-5-3-4-6-14(13)25-15/h3-10,16-17,19-20H,11-12H2,1-2H3,(H,24,29)(H,26,28,30)/t16-,17-,19+,20-/m1/s1. The Morgan fingerprint density at radius 3 is 2.76 bits per heavy atom. The maximum atomic E-state index is 12.7. The molecule has 1 amide bonds. The second-order valence-electron chi connectivity index (χ2n) is 8.62. The van der Waals surface area contributed by atoms with Crippen LogP contribution in [0, 0.1) is 0 Å². The summed E-state index contributed by atoms with van der Waals surface area (Å²) in [5.74, 6) is -1.21. The molecule has 2 N–H and O–H groups in total. The molecule has 1 aromatic carbocycles. The number of pyridine rings is 1. The molecule has 2 saturated heterocycles. The minimum Gasteiger partial charge on any atom is -0.371 e. The van der Waals surface area contributed by atoms with Gasteiger partial charge in [-0.2, -0.15) is 0 Å². The number of para-hydroxylation sites is 1. The lowest BCUT2D eigenvalue weighted by molar-refractivity contribution is -0.153. The molecule has 0 aliphatic carbocycles. The minimum absolute atomic E-state index is 0.154. The van der Waals surface area contributed by atoms with Crippen molar-refractivity contribution in [2.75, 3.05) is 13.2 Å². The van der Waals surface area contributed by atoms with Gasteiger partial charge in [0, 0.05) is 24.2 Å². The second-order valence-corrected chi connectivity index (χ2v) is 8.62. The van der Waals surface area contributed by atoms with Crippen LogP contribution in [0.3, 0.4) is 0 Å². The summed E-state index contributed by atoms with van der Waals surface area (Å²) in [6.07, 6.45) is -0.0922. The highest BCUT2D eigenvalue weighted by Gasteiger charge is 2.52. The minimum atomic E-state index is -0.894. The number of amides is 1. The van der Waals surface area contributed by atoms with E-state index in [2.05, 4.69) is 15.3 Å². The van der Waals surface area contributed by atoms with Crippen molar-refractivity contribution in [3.05, 3.63) is 75.2 Å². The van der Waals surface area contributed by atoms with Gasteiger partial charge in [-0.05, 0) is 26.0 Å². The highest BCUT2D eigenvalue weighted by Crippen LogP contribution is 2.39. The van der Waals surface area contributed by atoms with Crippen molar-refractivity contribution in [2.24, 2.45) is 0 Å². The molecule has 172 valence electrons. The van der Waals surface area contributed by atoms with Crippen molar-refractivity contribution >= 4 is 16.8 Å². The Labute approximate surface area is 188 Å². The summed E-state index contributed by atoms with van der Waals surface area (Å²) in [6.45, 7) is 3.90. The number of nitrogens with one attached hydrogen (secondary N) is 2. The average molecular weight is 452 g/mol. The Balaban J connectivity index is 1.32. The van der Waals surface area contributed by atoms with Crippen LogP contribution in [-0.4, -0.2) is 57.7 Å². The number of H-pyrrole nitrogens is 1. The molecule has 0 saturated carbocycles. The largest absolute Gasteiger partial charge is 0.371 e. The van der Waals surface area contributed by atoms with E-state index in [1.807, 2.05) is 30.3 Å². The lowest BCUT2D eigenvalue weighted by atomic mass is 9.97. The summed E-state index contributed by atoms with van der Waals surface area (Å²) >= 11 is 0. The zero-order valence-electron chi connectivity index (χ0n) is 18.2. The van der Waals surface area contributed by atoms with E-state index in [4.69, 9.17) is 14.2 Å². The summed E-state index contributed by atoms with van der Waals surface area (Å²) < 4.78 is 19.6. The van der Waals surface area contributed by atoms with Crippen LogP contribution in [0.5, 0.6) is 0 Å². The Hall–Kier alpha value is -3.34. The molecule has 0 bridgehead atoms. The van der Waals surface area contributed by atoms with E-state index in [-0.39, 0.29) is 19.1 Å². The molecule has 2 aromatic heterocycles. The quantitative estimate of drug-likeness (QED) is 0.604. The van der Waals surface area contributed by atoms with Gasteiger partial charge in [0.15, 0.2) is 5.79 Å². The van der Waals surface area contributed by atoms with E-state index in [1.54, 1.807) is 19.9 Å². The molecule has 3 aromatic rings. The number of aromatic amines is 1. The fraction of sp³-hybridized carbons (Fsp3) is 0.391. The molecular weight excluding hydrogens is 428 g/mol. The van der Waals surface area contributed by atoms with E-state index < -0.39 is 41.4 Å². The molecule has 4 heterocycles. The third-order valence-corrected chi connectivity index (χ3v) is 5.89. The van der Waals surface area contributed by atoms with E-state index >= 15 is 0 Å². The third kappa shape index (κ3) is 4.20. The summed E-state index contributed by atoms with van der Waals surface area (Å²) in [6, 6.07) is 11.9. The Morgan fingerprint density at radius 2 is 1.94 bits per heavy atom. The predicted octanol–water partition coefficient (Wildman–Crippen LogP) is 0.975. The van der Waals surface area contributed by atoms with Gasteiger partial charge in [0.25, 0.3) is 11.5 Å². The van der Waals surface area contributed by atoms with Crippen molar-refractivity contribution in [3.63, 3.8) is 0 Å². The van der Waals surface area contributed by atoms with Crippen molar-refractivity contribution < 1.29 is 19.0 Å². The Morgan fingerprint density at radius 1 is 1.15 bits per heavy atom. The van der Waals surface area contributed by atoms with Crippen LogP contribution in [0.15, 0.2) is 58.3 Å². The van der Waals surface area contributed by atoms with Crippen molar-refractivity contribution in [3.8, 4) is 0 Å². The van der Waals surface area contributed by atoms with Gasteiger partial charge in [-0.3, -0.25) is 19.1 Å². The SMILES string of the molecule is CC1(C)O[C@@H]2[C@H](O1)[C@@H](CNC(=O)c1ccc3ccccc3n1)OC[C@H]2n1ccc(=O)[nH]c1=O. The van der Waals surface area contributed by atoms with Gasteiger partial charge in [-0.15, -0.1) is 0 Å². The topological polar surface area (TPSA) is 125 Å². The molecule has 2 aliphatic heterocycles. The fourth-order valence-electron chi connectivity index (χ4n) is 4.39. The molecule has 10 heteroatoms. The number of hydrogen-bond donors (Lipinski definition) is 2. The highest BCUT2D eigenvalue weighted by molar-refractivity contribution is 5.94. The van der Waals surface area contributed by atoms with Crippen molar-refractivity contribution in [1.29, 1.82) is 0 Å². The van der Waals surface area contributed by atoms with E-state index in [1.165, 1.54) is 16.8 Å². The molecular formula is C23H24N4O6. The molecule has 0 spiro atoms. The summed E-state index contributed by atoms with van der Waals surface area (Å²) in [5.41, 5.74) is 0.0267. The molecule has 0 radical (unpaired) electrons. The highest BCUT2D eigenvalue weighted by atomic mass is 16.8.